The second kappa shape index (κ2) is 9.85. The van der Waals surface area contributed by atoms with E-state index in [9.17, 15) is 18.0 Å². The largest absolute Gasteiger partial charge is 0.452 e. The van der Waals surface area contributed by atoms with Crippen LogP contribution in [-0.4, -0.2) is 31.9 Å². The van der Waals surface area contributed by atoms with Gasteiger partial charge in [-0.3, -0.25) is 14.8 Å². The van der Waals surface area contributed by atoms with Gasteiger partial charge in [0, 0.05) is 9.26 Å². The van der Waals surface area contributed by atoms with Gasteiger partial charge >= 0.3 is 5.97 Å². The molecule has 2 N–H and O–H groups in total. The minimum absolute atomic E-state index is 0.00489. The van der Waals surface area contributed by atoms with Crippen molar-refractivity contribution in [2.75, 3.05) is 16.6 Å². The number of amides is 1. The number of thiazole rings is 1. The normalized spacial score (nSPS) is 11.0. The van der Waals surface area contributed by atoms with E-state index in [0.717, 1.165) is 7.36 Å². The summed E-state index contributed by atoms with van der Waals surface area (Å²) in [5, 5.41) is 2.85. The molecule has 8 nitrogen and oxygen atoms in total. The van der Waals surface area contributed by atoms with Crippen molar-refractivity contribution in [2.45, 2.75) is 4.90 Å². The van der Waals surface area contributed by atoms with E-state index in [2.05, 4.69) is 53.5 Å². The second-order valence-electron chi connectivity index (χ2n) is 5.73. The third-order valence-electron chi connectivity index (χ3n) is 3.53. The van der Waals surface area contributed by atoms with Gasteiger partial charge in [-0.25, -0.2) is 18.2 Å². The number of aromatic nitrogens is 1. The SMILES string of the molecule is O=C(COC(=O)c1cccc(S(=O)(=O)Nc2ccc(I)cc2)c1)Nc1ncc(Br)s1. The fraction of sp³-hybridized carbons (Fsp3) is 0.0556. The van der Waals surface area contributed by atoms with Gasteiger partial charge in [0.15, 0.2) is 11.7 Å². The molecule has 2 aromatic carbocycles. The van der Waals surface area contributed by atoms with Gasteiger partial charge in [-0.15, -0.1) is 0 Å². The summed E-state index contributed by atoms with van der Waals surface area (Å²) in [7, 11) is -3.90. The summed E-state index contributed by atoms with van der Waals surface area (Å²) < 4.78 is 34.3. The number of carbonyl (C=O) groups excluding carboxylic acids is 2. The highest BCUT2D eigenvalue weighted by Crippen LogP contribution is 2.23. The average Bonchev–Trinajstić information content (AvgIpc) is 3.12. The molecule has 30 heavy (non-hydrogen) atoms. The van der Waals surface area contributed by atoms with E-state index < -0.39 is 28.5 Å². The van der Waals surface area contributed by atoms with Crippen molar-refractivity contribution in [3.05, 3.63) is 67.6 Å². The highest BCUT2D eigenvalue weighted by atomic mass is 127. The summed E-state index contributed by atoms with van der Waals surface area (Å²) in [4.78, 5) is 27.9. The van der Waals surface area contributed by atoms with Gasteiger partial charge in [-0.2, -0.15) is 0 Å². The Morgan fingerprint density at radius 3 is 2.57 bits per heavy atom. The van der Waals surface area contributed by atoms with Gasteiger partial charge in [0.2, 0.25) is 0 Å². The van der Waals surface area contributed by atoms with E-state index in [1.54, 1.807) is 24.3 Å². The quantitative estimate of drug-likeness (QED) is 0.303. The summed E-state index contributed by atoms with van der Waals surface area (Å²) in [6, 6.07) is 12.2. The van der Waals surface area contributed by atoms with Crippen LogP contribution in [0.25, 0.3) is 0 Å². The Morgan fingerprint density at radius 1 is 1.17 bits per heavy atom. The van der Waals surface area contributed by atoms with Crippen LogP contribution in [0.2, 0.25) is 0 Å². The Morgan fingerprint density at radius 2 is 1.90 bits per heavy atom. The molecule has 0 fully saturated rings. The standard InChI is InChI=1S/C18H13BrIN3O5S2/c19-15-9-21-18(29-15)22-16(24)10-28-17(25)11-2-1-3-14(8-11)30(26,27)23-13-6-4-12(20)5-7-13/h1-9,23H,10H2,(H,21,22,24). The first-order chi connectivity index (χ1) is 14.2. The first-order valence-electron chi connectivity index (χ1n) is 8.20. The number of halogens is 2. The molecule has 0 unspecified atom stereocenters. The van der Waals surface area contributed by atoms with Crippen LogP contribution in [0.1, 0.15) is 10.4 Å². The molecule has 0 radical (unpaired) electrons. The van der Waals surface area contributed by atoms with E-state index in [0.29, 0.717) is 10.8 Å². The van der Waals surface area contributed by atoms with Crippen LogP contribution in [0.3, 0.4) is 0 Å². The molecule has 3 aromatic rings. The van der Waals surface area contributed by atoms with Crippen LogP contribution in [0.5, 0.6) is 0 Å². The summed E-state index contributed by atoms with van der Waals surface area (Å²) in [5.41, 5.74) is 0.402. The lowest BCUT2D eigenvalue weighted by atomic mass is 10.2. The van der Waals surface area contributed by atoms with Crippen LogP contribution >= 0.6 is 49.9 Å². The number of anilines is 2. The molecule has 0 aliphatic rings. The fourth-order valence-corrected chi connectivity index (χ4v) is 4.79. The van der Waals surface area contributed by atoms with Gasteiger partial charge in [0.25, 0.3) is 15.9 Å². The number of nitrogens with one attached hydrogen (secondary N) is 2. The zero-order valence-corrected chi connectivity index (χ0v) is 20.3. The highest BCUT2D eigenvalue weighted by Gasteiger charge is 2.18. The van der Waals surface area contributed by atoms with Crippen LogP contribution in [0.4, 0.5) is 10.8 Å². The summed E-state index contributed by atoms with van der Waals surface area (Å²) >= 11 is 6.55. The monoisotopic (exact) mass is 621 g/mol. The second-order valence-corrected chi connectivity index (χ2v) is 11.1. The molecule has 0 spiro atoms. The Kier molecular flexibility index (Phi) is 7.44. The van der Waals surface area contributed by atoms with E-state index in [1.807, 2.05) is 0 Å². The van der Waals surface area contributed by atoms with Crippen LogP contribution in [0.15, 0.2) is 63.4 Å². The zero-order chi connectivity index (χ0) is 21.7. The molecule has 0 aliphatic carbocycles. The van der Waals surface area contributed by atoms with Crippen molar-refractivity contribution in [1.82, 2.24) is 4.98 Å². The smallest absolute Gasteiger partial charge is 0.338 e. The third kappa shape index (κ3) is 6.23. The lowest BCUT2D eigenvalue weighted by Crippen LogP contribution is -2.21. The Bertz CT molecular complexity index is 1180. The maximum absolute atomic E-state index is 12.6. The van der Waals surface area contributed by atoms with Crippen molar-refractivity contribution in [3.63, 3.8) is 0 Å². The third-order valence-corrected chi connectivity index (χ3v) is 7.02. The number of ether oxygens (including phenoxy) is 1. The number of carbonyl (C=O) groups is 2. The molecular formula is C18H13BrIN3O5S2. The van der Waals surface area contributed by atoms with Gasteiger partial charge in [-0.05, 0) is 81.0 Å². The molecule has 12 heteroatoms. The average molecular weight is 622 g/mol. The van der Waals surface area contributed by atoms with E-state index in [4.69, 9.17) is 4.74 Å². The van der Waals surface area contributed by atoms with Crippen LogP contribution in [0, 0.1) is 3.57 Å². The first kappa shape index (κ1) is 22.7. The number of rotatable bonds is 7. The maximum Gasteiger partial charge on any atom is 0.338 e. The molecule has 156 valence electrons. The Labute approximate surface area is 198 Å². The fourth-order valence-electron chi connectivity index (χ4n) is 2.20. The predicted molar refractivity (Wildman–Crippen MR) is 125 cm³/mol. The molecule has 0 saturated carbocycles. The zero-order valence-electron chi connectivity index (χ0n) is 15.0. The maximum atomic E-state index is 12.6. The molecule has 1 aromatic heterocycles. The van der Waals surface area contributed by atoms with E-state index >= 15 is 0 Å². The van der Waals surface area contributed by atoms with E-state index in [1.165, 1.54) is 41.8 Å². The Balaban J connectivity index is 1.64. The van der Waals surface area contributed by atoms with Gasteiger partial charge in [-0.1, -0.05) is 17.4 Å². The highest BCUT2D eigenvalue weighted by molar-refractivity contribution is 14.1. The van der Waals surface area contributed by atoms with Crippen molar-refractivity contribution in [2.24, 2.45) is 0 Å². The molecule has 1 heterocycles. The van der Waals surface area contributed by atoms with E-state index in [-0.39, 0.29) is 10.5 Å². The Hall–Kier alpha value is -2.03. The number of benzene rings is 2. The summed E-state index contributed by atoms with van der Waals surface area (Å²) in [6.07, 6.45) is 1.53. The van der Waals surface area contributed by atoms with Crippen molar-refractivity contribution in [1.29, 1.82) is 0 Å². The molecular weight excluding hydrogens is 609 g/mol. The number of hydrogen-bond acceptors (Lipinski definition) is 7. The number of nitrogens with zero attached hydrogens (tertiary/aromatic N) is 1. The van der Waals surface area contributed by atoms with Crippen molar-refractivity contribution >= 4 is 82.6 Å². The number of hydrogen-bond donors (Lipinski definition) is 2. The first-order valence-corrected chi connectivity index (χ1v) is 12.4. The lowest BCUT2D eigenvalue weighted by Gasteiger charge is -2.10. The lowest BCUT2D eigenvalue weighted by molar-refractivity contribution is -0.119. The summed E-state index contributed by atoms with van der Waals surface area (Å²) in [5.74, 6) is -1.38. The van der Waals surface area contributed by atoms with Crippen LogP contribution in [-0.2, 0) is 19.6 Å². The van der Waals surface area contributed by atoms with Crippen LogP contribution < -0.4 is 10.0 Å². The van der Waals surface area contributed by atoms with Crippen molar-refractivity contribution in [3.8, 4) is 0 Å². The molecule has 0 bridgehead atoms. The predicted octanol–water partition coefficient (Wildman–Crippen LogP) is 4.11. The minimum atomic E-state index is -3.90. The number of sulfonamides is 1. The minimum Gasteiger partial charge on any atom is -0.452 e. The summed E-state index contributed by atoms with van der Waals surface area (Å²) in [6.45, 7) is -0.534. The molecule has 0 atom stereocenters. The van der Waals surface area contributed by atoms with Gasteiger partial charge in [0.05, 0.1) is 20.4 Å². The molecule has 3 rings (SSSR count). The van der Waals surface area contributed by atoms with Crippen molar-refractivity contribution < 1.29 is 22.7 Å². The molecule has 0 aliphatic heterocycles. The van der Waals surface area contributed by atoms with Gasteiger partial charge < -0.3 is 4.74 Å². The van der Waals surface area contributed by atoms with Gasteiger partial charge in [0.1, 0.15) is 0 Å². The molecule has 0 saturated heterocycles. The molecule has 1 amide bonds. The number of esters is 1. The topological polar surface area (TPSA) is 114 Å².